The lowest BCUT2D eigenvalue weighted by atomic mass is 10.2. The molecule has 2 N–H and O–H groups in total. The number of rotatable bonds is 5. The molecule has 0 aliphatic carbocycles. The third-order valence-electron chi connectivity index (χ3n) is 2.18. The van der Waals surface area contributed by atoms with Crippen molar-refractivity contribution in [3.63, 3.8) is 0 Å². The number of hydrogen-bond acceptors (Lipinski definition) is 3. The number of aromatic nitrogens is 2. The summed E-state index contributed by atoms with van der Waals surface area (Å²) in [7, 11) is 0. The Morgan fingerprint density at radius 3 is 2.87 bits per heavy atom. The minimum atomic E-state index is -0.00705. The molecule has 5 heteroatoms. The normalized spacial score (nSPS) is 10.7. The Morgan fingerprint density at radius 2 is 2.40 bits per heavy atom. The Bertz CT molecular complexity index is 296. The van der Waals surface area contributed by atoms with Crippen molar-refractivity contribution < 1.29 is 9.90 Å². The van der Waals surface area contributed by atoms with Crippen LogP contribution >= 0.6 is 0 Å². The second kappa shape index (κ2) is 5.50. The monoisotopic (exact) mass is 211 g/mol. The van der Waals surface area contributed by atoms with Crippen LogP contribution < -0.4 is 0 Å². The average molecular weight is 211 g/mol. The molecule has 1 aromatic rings. The number of nitrogens with zero attached hydrogens (tertiary/aromatic N) is 2. The van der Waals surface area contributed by atoms with Gasteiger partial charge in [-0.2, -0.15) is 5.10 Å². The van der Waals surface area contributed by atoms with Gasteiger partial charge in [-0.25, -0.2) is 0 Å². The first kappa shape index (κ1) is 11.7. The van der Waals surface area contributed by atoms with Gasteiger partial charge in [0.1, 0.15) is 0 Å². The summed E-state index contributed by atoms with van der Waals surface area (Å²) in [6, 6.07) is 1.88. The van der Waals surface area contributed by atoms with E-state index in [0.717, 1.165) is 5.69 Å². The molecule has 84 valence electrons. The first-order valence-electron chi connectivity index (χ1n) is 5.03. The van der Waals surface area contributed by atoms with E-state index in [9.17, 15) is 4.79 Å². The van der Waals surface area contributed by atoms with Crippen LogP contribution in [0.3, 0.4) is 0 Å². The Labute approximate surface area is 89.1 Å². The molecule has 0 spiro atoms. The quantitative estimate of drug-likeness (QED) is 0.730. The van der Waals surface area contributed by atoms with Crippen molar-refractivity contribution in [2.24, 2.45) is 0 Å². The molecular weight excluding hydrogens is 194 g/mol. The minimum Gasteiger partial charge on any atom is -0.395 e. The summed E-state index contributed by atoms with van der Waals surface area (Å²) in [5, 5.41) is 15.4. The maximum atomic E-state index is 11.8. The van der Waals surface area contributed by atoms with Crippen molar-refractivity contribution >= 4 is 5.91 Å². The van der Waals surface area contributed by atoms with E-state index in [1.807, 2.05) is 13.8 Å². The lowest BCUT2D eigenvalue weighted by Crippen LogP contribution is -2.39. The summed E-state index contributed by atoms with van der Waals surface area (Å²) in [6.07, 6.45) is 1.92. The van der Waals surface area contributed by atoms with Crippen molar-refractivity contribution in [3.05, 3.63) is 18.0 Å². The molecule has 0 fully saturated rings. The summed E-state index contributed by atoms with van der Waals surface area (Å²) in [6.45, 7) is 4.23. The summed E-state index contributed by atoms with van der Waals surface area (Å²) in [5.41, 5.74) is 0.795. The smallest absolute Gasteiger partial charge is 0.228 e. The number of hydrogen-bond donors (Lipinski definition) is 2. The zero-order valence-corrected chi connectivity index (χ0v) is 9.10. The average Bonchev–Trinajstić information content (AvgIpc) is 2.65. The van der Waals surface area contributed by atoms with Crippen molar-refractivity contribution in [1.82, 2.24) is 15.1 Å². The molecule has 5 nitrogen and oxygen atoms in total. The highest BCUT2D eigenvalue weighted by Crippen LogP contribution is 2.03. The van der Waals surface area contributed by atoms with Crippen LogP contribution in [0.2, 0.25) is 0 Å². The maximum Gasteiger partial charge on any atom is 0.228 e. The highest BCUT2D eigenvalue weighted by molar-refractivity contribution is 5.78. The van der Waals surface area contributed by atoms with Crippen LogP contribution in [0.5, 0.6) is 0 Å². The first-order valence-corrected chi connectivity index (χ1v) is 5.03. The van der Waals surface area contributed by atoms with Crippen LogP contribution in [0.15, 0.2) is 12.3 Å². The molecule has 0 saturated carbocycles. The fraction of sp³-hybridized carbons (Fsp3) is 0.600. The van der Waals surface area contributed by atoms with Crippen LogP contribution in [-0.2, 0) is 11.2 Å². The van der Waals surface area contributed by atoms with Gasteiger partial charge in [0, 0.05) is 24.5 Å². The van der Waals surface area contributed by atoms with Crippen LogP contribution in [0.1, 0.15) is 19.5 Å². The predicted octanol–water partition coefficient (Wildman–Crippen LogP) is 0.181. The van der Waals surface area contributed by atoms with Gasteiger partial charge in [0.15, 0.2) is 0 Å². The van der Waals surface area contributed by atoms with E-state index >= 15 is 0 Å². The molecule has 1 amide bonds. The summed E-state index contributed by atoms with van der Waals surface area (Å²) in [4.78, 5) is 13.5. The third kappa shape index (κ3) is 3.36. The molecule has 0 aliphatic rings. The Morgan fingerprint density at radius 1 is 1.67 bits per heavy atom. The van der Waals surface area contributed by atoms with Crippen LogP contribution in [-0.4, -0.2) is 45.3 Å². The second-order valence-electron chi connectivity index (χ2n) is 3.66. The lowest BCUT2D eigenvalue weighted by Gasteiger charge is -2.25. The van der Waals surface area contributed by atoms with Gasteiger partial charge in [0.25, 0.3) is 0 Å². The number of aliphatic hydroxyl groups excluding tert-OH is 1. The zero-order chi connectivity index (χ0) is 11.3. The number of nitrogens with one attached hydrogen (secondary N) is 1. The number of aromatic amines is 1. The van der Waals surface area contributed by atoms with Gasteiger partial charge in [0.2, 0.25) is 5.91 Å². The highest BCUT2D eigenvalue weighted by atomic mass is 16.3. The van der Waals surface area contributed by atoms with Gasteiger partial charge in [-0.1, -0.05) is 0 Å². The Balaban J connectivity index is 2.56. The number of aliphatic hydroxyl groups is 1. The fourth-order valence-corrected chi connectivity index (χ4v) is 1.43. The van der Waals surface area contributed by atoms with Gasteiger partial charge >= 0.3 is 0 Å². The molecule has 0 aromatic carbocycles. The minimum absolute atomic E-state index is 0.00306. The Hall–Kier alpha value is -1.36. The first-order chi connectivity index (χ1) is 7.15. The number of amides is 1. The standard InChI is InChI=1S/C10H17N3O2/c1-8(2)13(5-6-14)10(15)7-9-3-4-11-12-9/h3-4,8,14H,5-7H2,1-2H3,(H,11,12). The molecule has 15 heavy (non-hydrogen) atoms. The lowest BCUT2D eigenvalue weighted by molar-refractivity contribution is -0.132. The van der Waals surface area contributed by atoms with E-state index < -0.39 is 0 Å². The zero-order valence-electron chi connectivity index (χ0n) is 9.10. The number of H-pyrrole nitrogens is 1. The van der Waals surface area contributed by atoms with E-state index in [4.69, 9.17) is 5.11 Å². The molecule has 0 aliphatic heterocycles. The van der Waals surface area contributed by atoms with E-state index in [2.05, 4.69) is 10.2 Å². The van der Waals surface area contributed by atoms with E-state index in [0.29, 0.717) is 13.0 Å². The molecule has 0 radical (unpaired) electrons. The van der Waals surface area contributed by atoms with Gasteiger partial charge in [-0.05, 0) is 19.9 Å². The van der Waals surface area contributed by atoms with Gasteiger partial charge in [-0.3, -0.25) is 9.89 Å². The Kier molecular flexibility index (Phi) is 4.30. The van der Waals surface area contributed by atoms with Crippen molar-refractivity contribution in [2.45, 2.75) is 26.3 Å². The van der Waals surface area contributed by atoms with Crippen molar-refractivity contribution in [3.8, 4) is 0 Å². The van der Waals surface area contributed by atoms with Gasteiger partial charge in [0.05, 0.1) is 13.0 Å². The van der Waals surface area contributed by atoms with Crippen LogP contribution in [0.4, 0.5) is 0 Å². The highest BCUT2D eigenvalue weighted by Gasteiger charge is 2.16. The third-order valence-corrected chi connectivity index (χ3v) is 2.18. The van der Waals surface area contributed by atoms with E-state index in [-0.39, 0.29) is 18.6 Å². The summed E-state index contributed by atoms with van der Waals surface area (Å²) >= 11 is 0. The topological polar surface area (TPSA) is 69.2 Å². The van der Waals surface area contributed by atoms with E-state index in [1.165, 1.54) is 0 Å². The number of carbonyl (C=O) groups excluding carboxylic acids is 1. The van der Waals surface area contributed by atoms with Crippen molar-refractivity contribution in [2.75, 3.05) is 13.2 Å². The maximum absolute atomic E-state index is 11.8. The largest absolute Gasteiger partial charge is 0.395 e. The fourth-order valence-electron chi connectivity index (χ4n) is 1.43. The van der Waals surface area contributed by atoms with Crippen LogP contribution in [0.25, 0.3) is 0 Å². The molecular formula is C10H17N3O2. The molecule has 1 rings (SSSR count). The SMILES string of the molecule is CC(C)N(CCO)C(=O)Cc1ccn[nH]1. The summed E-state index contributed by atoms with van der Waals surface area (Å²) < 4.78 is 0. The molecule has 0 atom stereocenters. The van der Waals surface area contributed by atoms with Crippen LogP contribution in [0, 0.1) is 0 Å². The predicted molar refractivity (Wildman–Crippen MR) is 56.2 cm³/mol. The molecule has 1 heterocycles. The molecule has 0 bridgehead atoms. The van der Waals surface area contributed by atoms with Gasteiger partial charge in [-0.15, -0.1) is 0 Å². The van der Waals surface area contributed by atoms with Gasteiger partial charge < -0.3 is 10.0 Å². The molecule has 1 aromatic heterocycles. The second-order valence-corrected chi connectivity index (χ2v) is 3.66. The summed E-state index contributed by atoms with van der Waals surface area (Å²) in [5.74, 6) is 0.00306. The van der Waals surface area contributed by atoms with Crippen molar-refractivity contribution in [1.29, 1.82) is 0 Å². The molecule has 0 unspecified atom stereocenters. The van der Waals surface area contributed by atoms with E-state index in [1.54, 1.807) is 17.2 Å². The molecule has 0 saturated heterocycles. The number of carbonyl (C=O) groups is 1.